The summed E-state index contributed by atoms with van der Waals surface area (Å²) >= 11 is 0. The van der Waals surface area contributed by atoms with Gasteiger partial charge in [0.05, 0.1) is 20.3 Å². The van der Waals surface area contributed by atoms with E-state index in [9.17, 15) is 4.79 Å². The second kappa shape index (κ2) is 6.57. The molecule has 0 aliphatic rings. The number of hydrogen-bond acceptors (Lipinski definition) is 6. The van der Waals surface area contributed by atoms with Gasteiger partial charge in [-0.2, -0.15) is 0 Å². The summed E-state index contributed by atoms with van der Waals surface area (Å²) in [5.74, 6) is -0.248. The number of ether oxygens (including phenoxy) is 3. The quantitative estimate of drug-likeness (QED) is 0.458. The molecule has 0 bridgehead atoms. The van der Waals surface area contributed by atoms with Gasteiger partial charge in [0.25, 0.3) is 0 Å². The number of nitrogens with zero attached hydrogens (tertiary/aromatic N) is 1. The highest BCUT2D eigenvalue weighted by Gasteiger charge is 2.11. The van der Waals surface area contributed by atoms with E-state index in [0.717, 1.165) is 0 Å². The maximum atomic E-state index is 11.1. The van der Waals surface area contributed by atoms with Crippen molar-refractivity contribution in [2.75, 3.05) is 20.3 Å². The number of methoxy groups -OCH3 is 1. The lowest BCUT2D eigenvalue weighted by atomic mass is 10.5. The lowest BCUT2D eigenvalue weighted by Crippen LogP contribution is -2.08. The first kappa shape index (κ1) is 13.1. The molecule has 0 radical (unpaired) electrons. The molecule has 0 saturated heterocycles. The van der Waals surface area contributed by atoms with Crippen LogP contribution in [0, 0.1) is 0 Å². The minimum atomic E-state index is -0.555. The number of aliphatic imine (C=N–C) groups is 1. The monoisotopic (exact) mass is 241 g/mol. The van der Waals surface area contributed by atoms with Crippen LogP contribution >= 0.6 is 0 Å². The first-order valence-electron chi connectivity index (χ1n) is 5.23. The minimum absolute atomic E-state index is 0.0820. The van der Waals surface area contributed by atoms with E-state index < -0.39 is 5.97 Å². The summed E-state index contributed by atoms with van der Waals surface area (Å²) < 4.78 is 19.9. The molecule has 1 aromatic heterocycles. The molecule has 0 amide bonds. The van der Waals surface area contributed by atoms with E-state index in [1.54, 1.807) is 0 Å². The summed E-state index contributed by atoms with van der Waals surface area (Å²) in [6.45, 7) is 4.50. The van der Waals surface area contributed by atoms with Gasteiger partial charge in [0, 0.05) is 6.07 Å². The topological polar surface area (TPSA) is 70.3 Å². The van der Waals surface area contributed by atoms with E-state index in [1.165, 1.54) is 19.2 Å². The summed E-state index contributed by atoms with van der Waals surface area (Å²) in [5, 5.41) is 0. The van der Waals surface area contributed by atoms with Crippen molar-refractivity contribution < 1.29 is 23.4 Å². The van der Waals surface area contributed by atoms with E-state index in [-0.39, 0.29) is 17.7 Å². The van der Waals surface area contributed by atoms with Crippen molar-refractivity contribution in [2.24, 2.45) is 4.99 Å². The molecule has 0 aliphatic carbocycles. The lowest BCUT2D eigenvalue weighted by molar-refractivity contribution is 0.0566. The van der Waals surface area contributed by atoms with Gasteiger partial charge in [-0.05, 0) is 19.9 Å². The Hall–Kier alpha value is -1.98. The van der Waals surface area contributed by atoms with Gasteiger partial charge in [0.15, 0.2) is 0 Å². The van der Waals surface area contributed by atoms with E-state index >= 15 is 0 Å². The third kappa shape index (κ3) is 3.82. The highest BCUT2D eigenvalue weighted by molar-refractivity contribution is 5.86. The van der Waals surface area contributed by atoms with Crippen molar-refractivity contribution >= 4 is 17.9 Å². The van der Waals surface area contributed by atoms with Crippen LogP contribution in [-0.4, -0.2) is 32.4 Å². The highest BCUT2D eigenvalue weighted by Crippen LogP contribution is 2.18. The van der Waals surface area contributed by atoms with Crippen LogP contribution in [0.4, 0.5) is 5.88 Å². The summed E-state index contributed by atoms with van der Waals surface area (Å²) in [6, 6.07) is 3.00. The predicted molar refractivity (Wildman–Crippen MR) is 60.4 cm³/mol. The lowest BCUT2D eigenvalue weighted by Gasteiger charge is -2.05. The second-order valence-electron chi connectivity index (χ2n) is 2.87. The molecule has 17 heavy (non-hydrogen) atoms. The number of carbonyl (C=O) groups is 1. The Labute approximate surface area is 99.2 Å². The van der Waals surface area contributed by atoms with E-state index in [0.29, 0.717) is 13.2 Å². The maximum absolute atomic E-state index is 11.1. The van der Waals surface area contributed by atoms with Crippen LogP contribution in [0.3, 0.4) is 0 Å². The van der Waals surface area contributed by atoms with Crippen molar-refractivity contribution in [3.63, 3.8) is 0 Å². The number of hydrogen-bond donors (Lipinski definition) is 0. The molecule has 0 aromatic carbocycles. The van der Waals surface area contributed by atoms with Crippen LogP contribution in [0.2, 0.25) is 0 Å². The van der Waals surface area contributed by atoms with Crippen molar-refractivity contribution in [1.82, 2.24) is 0 Å². The van der Waals surface area contributed by atoms with Crippen LogP contribution in [0.1, 0.15) is 24.4 Å². The van der Waals surface area contributed by atoms with E-state index in [4.69, 9.17) is 13.9 Å². The zero-order valence-electron chi connectivity index (χ0n) is 10.1. The number of furan rings is 1. The normalized spacial score (nSPS) is 9.59. The molecule has 0 fully saturated rings. The Morgan fingerprint density at radius 1 is 1.29 bits per heavy atom. The first-order valence-corrected chi connectivity index (χ1v) is 5.23. The highest BCUT2D eigenvalue weighted by atomic mass is 16.7. The Morgan fingerprint density at radius 2 is 1.94 bits per heavy atom. The average Bonchev–Trinajstić information content (AvgIpc) is 2.77. The van der Waals surface area contributed by atoms with Crippen LogP contribution in [0.5, 0.6) is 0 Å². The van der Waals surface area contributed by atoms with Gasteiger partial charge in [0.2, 0.25) is 11.6 Å². The molecule has 6 heteroatoms. The number of carbonyl (C=O) groups excluding carboxylic acids is 1. The van der Waals surface area contributed by atoms with Gasteiger partial charge in [0.1, 0.15) is 0 Å². The largest absolute Gasteiger partial charge is 0.463 e. The zero-order valence-corrected chi connectivity index (χ0v) is 10.1. The Morgan fingerprint density at radius 3 is 2.47 bits per heavy atom. The summed E-state index contributed by atoms with van der Waals surface area (Å²) in [6.07, 6.45) is 0.112. The van der Waals surface area contributed by atoms with E-state index in [2.05, 4.69) is 9.73 Å². The van der Waals surface area contributed by atoms with Gasteiger partial charge in [-0.25, -0.2) is 4.79 Å². The smallest absolute Gasteiger partial charge is 0.391 e. The van der Waals surface area contributed by atoms with Crippen LogP contribution < -0.4 is 0 Å². The summed E-state index contributed by atoms with van der Waals surface area (Å²) in [4.78, 5) is 15.1. The molecule has 0 saturated carbocycles. The van der Waals surface area contributed by atoms with Gasteiger partial charge in [-0.3, -0.25) is 0 Å². The molecular weight excluding hydrogens is 226 g/mol. The third-order valence-electron chi connectivity index (χ3n) is 1.72. The number of esters is 1. The molecule has 1 heterocycles. The van der Waals surface area contributed by atoms with Gasteiger partial charge in [-0.15, -0.1) is 4.99 Å². The standard InChI is InChI=1S/C11H15NO5/c1-4-15-11(16-5-2)12-9-7-6-8(17-9)10(13)14-3/h6-7H,4-5H2,1-3H3. The molecular formula is C11H15NO5. The fourth-order valence-corrected chi connectivity index (χ4v) is 1.04. The fourth-order valence-electron chi connectivity index (χ4n) is 1.04. The molecule has 6 nitrogen and oxygen atoms in total. The maximum Gasteiger partial charge on any atom is 0.391 e. The molecule has 0 aliphatic heterocycles. The van der Waals surface area contributed by atoms with Crippen LogP contribution in [0.15, 0.2) is 21.5 Å². The zero-order chi connectivity index (χ0) is 12.7. The summed E-state index contributed by atoms with van der Waals surface area (Å²) in [7, 11) is 1.28. The molecule has 1 rings (SSSR count). The fraction of sp³-hybridized carbons (Fsp3) is 0.455. The Bertz CT molecular complexity index is 388. The van der Waals surface area contributed by atoms with Gasteiger partial charge < -0.3 is 18.6 Å². The molecule has 0 spiro atoms. The predicted octanol–water partition coefficient (Wildman–Crippen LogP) is 2.13. The van der Waals surface area contributed by atoms with Crippen molar-refractivity contribution in [1.29, 1.82) is 0 Å². The average molecular weight is 241 g/mol. The second-order valence-corrected chi connectivity index (χ2v) is 2.87. The van der Waals surface area contributed by atoms with Crippen molar-refractivity contribution in [3.8, 4) is 0 Å². The minimum Gasteiger partial charge on any atom is -0.463 e. The van der Waals surface area contributed by atoms with Gasteiger partial charge >= 0.3 is 12.1 Å². The molecule has 0 unspecified atom stereocenters. The number of rotatable bonds is 4. The summed E-state index contributed by atoms with van der Waals surface area (Å²) in [5.41, 5.74) is 0. The van der Waals surface area contributed by atoms with Gasteiger partial charge in [-0.1, -0.05) is 0 Å². The van der Waals surface area contributed by atoms with Crippen molar-refractivity contribution in [3.05, 3.63) is 17.9 Å². The van der Waals surface area contributed by atoms with E-state index in [1.807, 2.05) is 13.8 Å². The van der Waals surface area contributed by atoms with Crippen LogP contribution in [0.25, 0.3) is 0 Å². The third-order valence-corrected chi connectivity index (χ3v) is 1.72. The molecule has 0 N–H and O–H groups in total. The van der Waals surface area contributed by atoms with Crippen molar-refractivity contribution in [2.45, 2.75) is 13.8 Å². The SMILES string of the molecule is CCOC(=Nc1ccc(C(=O)OC)o1)OCC. The molecule has 1 aromatic rings. The first-order chi connectivity index (χ1) is 8.21. The Kier molecular flexibility index (Phi) is 5.06. The molecule has 94 valence electrons. The van der Waals surface area contributed by atoms with Crippen LogP contribution in [-0.2, 0) is 14.2 Å². The Balaban J connectivity index is 2.80. The molecule has 0 atom stereocenters.